The summed E-state index contributed by atoms with van der Waals surface area (Å²) in [5.41, 5.74) is 2.78. The van der Waals surface area contributed by atoms with E-state index in [1.54, 1.807) is 23.5 Å². The Labute approximate surface area is 259 Å². The number of hydrogen-bond acceptors (Lipinski definition) is 7. The molecule has 2 atom stereocenters. The lowest BCUT2D eigenvalue weighted by Crippen LogP contribution is -2.14. The van der Waals surface area contributed by atoms with Crippen LogP contribution in [0.25, 0.3) is 0 Å². The van der Waals surface area contributed by atoms with E-state index in [0.717, 1.165) is 54.5 Å². The molecule has 0 aliphatic carbocycles. The van der Waals surface area contributed by atoms with Crippen LogP contribution in [-0.2, 0) is 36.0 Å². The van der Waals surface area contributed by atoms with Crippen molar-refractivity contribution < 1.29 is 24.2 Å². The third-order valence-electron chi connectivity index (χ3n) is 7.53. The Kier molecular flexibility index (Phi) is 19.6. The van der Waals surface area contributed by atoms with E-state index in [4.69, 9.17) is 9.47 Å². The number of hydrogen-bond donors (Lipinski definition) is 1. The maximum Gasteiger partial charge on any atom is 0.306 e. The van der Waals surface area contributed by atoms with Gasteiger partial charge in [-0.25, -0.2) is 0 Å². The van der Waals surface area contributed by atoms with Crippen molar-refractivity contribution in [2.45, 2.75) is 130 Å². The molecule has 0 aliphatic rings. The summed E-state index contributed by atoms with van der Waals surface area (Å²) in [4.78, 5) is 24.5. The van der Waals surface area contributed by atoms with Gasteiger partial charge in [0.15, 0.2) is 0 Å². The van der Waals surface area contributed by atoms with Crippen molar-refractivity contribution >= 4 is 35.5 Å². The van der Waals surface area contributed by atoms with Crippen molar-refractivity contribution in [3.63, 3.8) is 0 Å². The number of rotatable bonds is 22. The molecule has 0 spiro atoms. The SMILES string of the molecule is CCCCC(CC)COC(=O)CCSCc1cc(CSCCC(=O)OCC(CC)CCCC)c(O)c(C(C)(C)C)c1. The molecule has 0 amide bonds. The minimum atomic E-state index is -0.195. The van der Waals surface area contributed by atoms with Gasteiger partial charge in [0.2, 0.25) is 0 Å². The summed E-state index contributed by atoms with van der Waals surface area (Å²) >= 11 is 3.37. The number of benzene rings is 1. The first kappa shape index (κ1) is 37.7. The van der Waals surface area contributed by atoms with Gasteiger partial charge in [0, 0.05) is 28.6 Å². The molecule has 41 heavy (non-hydrogen) atoms. The first-order chi connectivity index (χ1) is 19.5. The highest BCUT2D eigenvalue weighted by Crippen LogP contribution is 2.37. The number of carbonyl (C=O) groups excluding carboxylic acids is 2. The lowest BCUT2D eigenvalue weighted by Gasteiger charge is -2.23. The smallest absolute Gasteiger partial charge is 0.306 e. The number of ether oxygens (including phenoxy) is 2. The predicted molar refractivity (Wildman–Crippen MR) is 177 cm³/mol. The van der Waals surface area contributed by atoms with E-state index >= 15 is 0 Å². The Morgan fingerprint density at radius 2 is 1.29 bits per heavy atom. The Morgan fingerprint density at radius 3 is 1.73 bits per heavy atom. The number of unbranched alkanes of at least 4 members (excludes halogenated alkanes) is 2. The molecule has 0 saturated heterocycles. The van der Waals surface area contributed by atoms with E-state index in [-0.39, 0.29) is 17.4 Å². The molecule has 0 heterocycles. The molecule has 1 rings (SSSR count). The minimum Gasteiger partial charge on any atom is -0.507 e. The van der Waals surface area contributed by atoms with E-state index < -0.39 is 0 Å². The molecular weight excluding hydrogens is 553 g/mol. The second kappa shape index (κ2) is 21.4. The second-order valence-electron chi connectivity index (χ2n) is 12.2. The third kappa shape index (κ3) is 16.2. The maximum absolute atomic E-state index is 12.3. The molecule has 0 bridgehead atoms. The normalized spacial score (nSPS) is 13.1. The molecule has 1 N–H and O–H groups in total. The molecular formula is C34H58O5S2. The largest absolute Gasteiger partial charge is 0.507 e. The Bertz CT molecular complexity index is 881. The molecule has 1 aromatic rings. The van der Waals surface area contributed by atoms with Gasteiger partial charge in [0.25, 0.3) is 0 Å². The summed E-state index contributed by atoms with van der Waals surface area (Å²) in [5, 5.41) is 11.1. The van der Waals surface area contributed by atoms with Gasteiger partial charge >= 0.3 is 11.9 Å². The lowest BCUT2D eigenvalue weighted by atomic mass is 9.84. The van der Waals surface area contributed by atoms with Gasteiger partial charge in [-0.3, -0.25) is 9.59 Å². The molecule has 236 valence electrons. The van der Waals surface area contributed by atoms with Crippen molar-refractivity contribution in [2.24, 2.45) is 11.8 Å². The van der Waals surface area contributed by atoms with E-state index in [1.165, 1.54) is 19.3 Å². The van der Waals surface area contributed by atoms with E-state index in [0.29, 0.717) is 60.9 Å². The van der Waals surface area contributed by atoms with Gasteiger partial charge in [0.1, 0.15) is 5.75 Å². The quantitative estimate of drug-likeness (QED) is 0.104. The summed E-state index contributed by atoms with van der Waals surface area (Å²) < 4.78 is 11.1. The highest BCUT2D eigenvalue weighted by Gasteiger charge is 2.22. The average molecular weight is 611 g/mol. The highest BCUT2D eigenvalue weighted by molar-refractivity contribution is 7.98. The highest BCUT2D eigenvalue weighted by atomic mass is 32.2. The number of aromatic hydroxyl groups is 1. The molecule has 0 aliphatic heterocycles. The van der Waals surface area contributed by atoms with Gasteiger partial charge in [-0.05, 0) is 41.2 Å². The van der Waals surface area contributed by atoms with Gasteiger partial charge in [-0.15, -0.1) is 0 Å². The monoisotopic (exact) mass is 610 g/mol. The maximum atomic E-state index is 12.3. The van der Waals surface area contributed by atoms with Gasteiger partial charge < -0.3 is 14.6 Å². The topological polar surface area (TPSA) is 72.8 Å². The predicted octanol–water partition coefficient (Wildman–Crippen LogP) is 9.46. The summed E-state index contributed by atoms with van der Waals surface area (Å²) in [6.07, 6.45) is 9.80. The van der Waals surface area contributed by atoms with Crippen LogP contribution in [-0.4, -0.2) is 41.8 Å². The van der Waals surface area contributed by atoms with E-state index in [1.807, 2.05) is 0 Å². The number of phenolic OH excluding ortho intramolecular Hbond substituents is 1. The van der Waals surface area contributed by atoms with Crippen LogP contribution in [0.3, 0.4) is 0 Å². The van der Waals surface area contributed by atoms with Gasteiger partial charge in [-0.2, -0.15) is 23.5 Å². The Balaban J connectivity index is 2.58. The fourth-order valence-electron chi connectivity index (χ4n) is 4.57. The molecule has 2 unspecified atom stereocenters. The lowest BCUT2D eigenvalue weighted by molar-refractivity contribution is -0.145. The molecule has 5 nitrogen and oxygen atoms in total. The number of thioether (sulfide) groups is 2. The van der Waals surface area contributed by atoms with Gasteiger partial charge in [0.05, 0.1) is 26.1 Å². The van der Waals surface area contributed by atoms with E-state index in [9.17, 15) is 14.7 Å². The zero-order valence-corrected chi connectivity index (χ0v) is 28.7. The summed E-state index contributed by atoms with van der Waals surface area (Å²) in [5.74, 6) is 3.79. The average Bonchev–Trinajstić information content (AvgIpc) is 2.94. The first-order valence-corrected chi connectivity index (χ1v) is 18.2. The van der Waals surface area contributed by atoms with Crippen molar-refractivity contribution in [2.75, 3.05) is 24.7 Å². The summed E-state index contributed by atoms with van der Waals surface area (Å²) in [7, 11) is 0. The van der Waals surface area contributed by atoms with Crippen LogP contribution >= 0.6 is 23.5 Å². The zero-order valence-electron chi connectivity index (χ0n) is 27.0. The molecule has 0 fully saturated rings. The minimum absolute atomic E-state index is 0.115. The van der Waals surface area contributed by atoms with Crippen molar-refractivity contribution in [1.82, 2.24) is 0 Å². The zero-order chi connectivity index (χ0) is 30.7. The Hall–Kier alpha value is -1.34. The van der Waals surface area contributed by atoms with Crippen LogP contribution in [0.2, 0.25) is 0 Å². The summed E-state index contributed by atoms with van der Waals surface area (Å²) in [6, 6.07) is 4.16. The third-order valence-corrected chi connectivity index (χ3v) is 9.57. The van der Waals surface area contributed by atoms with Crippen LogP contribution in [0.15, 0.2) is 12.1 Å². The van der Waals surface area contributed by atoms with Crippen LogP contribution in [0.1, 0.15) is 129 Å². The number of esters is 2. The molecule has 0 aromatic heterocycles. The van der Waals surface area contributed by atoms with Crippen LogP contribution in [0.5, 0.6) is 5.75 Å². The van der Waals surface area contributed by atoms with Crippen LogP contribution in [0, 0.1) is 11.8 Å². The van der Waals surface area contributed by atoms with Crippen LogP contribution in [0.4, 0.5) is 0 Å². The van der Waals surface area contributed by atoms with Crippen molar-refractivity contribution in [3.05, 3.63) is 28.8 Å². The Morgan fingerprint density at radius 1 is 0.805 bits per heavy atom. The molecule has 1 aromatic carbocycles. The van der Waals surface area contributed by atoms with Crippen molar-refractivity contribution in [3.8, 4) is 5.75 Å². The number of carbonyl (C=O) groups is 2. The fourth-order valence-corrected chi connectivity index (χ4v) is 6.32. The number of phenols is 1. The van der Waals surface area contributed by atoms with Crippen LogP contribution < -0.4 is 0 Å². The van der Waals surface area contributed by atoms with Crippen molar-refractivity contribution in [1.29, 1.82) is 0 Å². The van der Waals surface area contributed by atoms with E-state index in [2.05, 4.69) is 60.6 Å². The fraction of sp³-hybridized carbons (Fsp3) is 0.765. The second-order valence-corrected chi connectivity index (χ2v) is 14.4. The molecule has 0 saturated carbocycles. The molecule has 7 heteroatoms. The first-order valence-electron chi connectivity index (χ1n) is 15.9. The standard InChI is InChI=1S/C34H58O5S2/c1-8-12-14-26(10-3)22-38-31(35)16-18-40-24-28-20-29(33(37)30(21-28)34(5,6)7)25-41-19-17-32(36)39-23-27(11-4)15-13-9-2/h20-21,26-27,37H,8-19,22-25H2,1-7H3. The molecule has 0 radical (unpaired) electrons. The summed E-state index contributed by atoms with van der Waals surface area (Å²) in [6.45, 7) is 16.1. The van der Waals surface area contributed by atoms with Gasteiger partial charge in [-0.1, -0.05) is 99.1 Å².